The number of ketones is 2. The maximum Gasteiger partial charge on any atom is 0.152 e. The molecule has 0 amide bonds. The van der Waals surface area contributed by atoms with E-state index >= 15 is 0 Å². The van der Waals surface area contributed by atoms with Crippen molar-refractivity contribution in [1.82, 2.24) is 0 Å². The van der Waals surface area contributed by atoms with E-state index in [1.165, 1.54) is 26.8 Å². The van der Waals surface area contributed by atoms with Gasteiger partial charge in [-0.1, -0.05) is 6.08 Å². The van der Waals surface area contributed by atoms with Crippen LogP contribution in [0.25, 0.3) is 0 Å². The molecule has 0 N–H and O–H groups in total. The van der Waals surface area contributed by atoms with E-state index in [0.29, 0.717) is 0 Å². The molecule has 0 radical (unpaired) electrons. The van der Waals surface area contributed by atoms with Gasteiger partial charge in [-0.25, -0.2) is 0 Å². The number of hydrogen-bond donors (Lipinski definition) is 0. The molecule has 0 spiro atoms. The van der Waals surface area contributed by atoms with Gasteiger partial charge in [0.2, 0.25) is 0 Å². The first-order valence-electron chi connectivity index (χ1n) is 3.38. The van der Waals surface area contributed by atoms with Crippen molar-refractivity contribution in [3.05, 3.63) is 24.5 Å². The highest BCUT2D eigenvalue weighted by Gasteiger charge is 1.76. The summed E-state index contributed by atoms with van der Waals surface area (Å²) in [4.78, 5) is 19.5. The number of hydrogen-bond acceptors (Lipinski definition) is 3. The van der Waals surface area contributed by atoms with E-state index in [0.717, 1.165) is 6.08 Å². The Hall–Kier alpha value is -1.38. The van der Waals surface area contributed by atoms with Crippen molar-refractivity contribution in [3.63, 3.8) is 0 Å². The smallest absolute Gasteiger partial charge is 0.152 e. The molecule has 0 aliphatic heterocycles. The lowest BCUT2D eigenvalue weighted by molar-refractivity contribution is -0.294. The molecule has 0 bridgehead atoms. The SMILES string of the molecule is C=C([O-])C=CC(C)=O.CC(C)=O. The maximum absolute atomic E-state index is 10.1. The van der Waals surface area contributed by atoms with Crippen molar-refractivity contribution in [2.45, 2.75) is 20.8 Å². The summed E-state index contributed by atoms with van der Waals surface area (Å²) >= 11 is 0. The van der Waals surface area contributed by atoms with Crippen LogP contribution >= 0.6 is 0 Å². The molecule has 0 saturated carbocycles. The van der Waals surface area contributed by atoms with Gasteiger partial charge >= 0.3 is 0 Å². The zero-order valence-electron chi connectivity index (χ0n) is 7.59. The molecular weight excluding hydrogens is 156 g/mol. The van der Waals surface area contributed by atoms with Crippen LogP contribution in [0.4, 0.5) is 0 Å². The first-order chi connectivity index (χ1) is 5.36. The van der Waals surface area contributed by atoms with Crippen LogP contribution in [0.3, 0.4) is 0 Å². The van der Waals surface area contributed by atoms with Crippen LogP contribution in [0.1, 0.15) is 20.8 Å². The molecule has 3 heteroatoms. The summed E-state index contributed by atoms with van der Waals surface area (Å²) in [6.45, 7) is 7.46. The molecule has 0 saturated heterocycles. The fraction of sp³-hybridized carbons (Fsp3) is 0.333. The summed E-state index contributed by atoms with van der Waals surface area (Å²) in [6.07, 6.45) is 2.33. The van der Waals surface area contributed by atoms with Gasteiger partial charge in [0.25, 0.3) is 0 Å². The predicted molar refractivity (Wildman–Crippen MR) is 45.3 cm³/mol. The van der Waals surface area contributed by atoms with Crippen LogP contribution < -0.4 is 5.11 Å². The summed E-state index contributed by atoms with van der Waals surface area (Å²) in [5, 5.41) is 10.00. The third-order valence-corrected chi connectivity index (χ3v) is 0.504. The largest absolute Gasteiger partial charge is 0.873 e. The van der Waals surface area contributed by atoms with Crippen molar-refractivity contribution < 1.29 is 14.7 Å². The first kappa shape index (κ1) is 13.2. The van der Waals surface area contributed by atoms with Crippen molar-refractivity contribution in [3.8, 4) is 0 Å². The van der Waals surface area contributed by atoms with Gasteiger partial charge in [0.15, 0.2) is 5.78 Å². The van der Waals surface area contributed by atoms with Crippen LogP contribution in [0.2, 0.25) is 0 Å². The van der Waals surface area contributed by atoms with Crippen molar-refractivity contribution >= 4 is 11.6 Å². The molecule has 0 heterocycles. The Labute approximate surface area is 72.4 Å². The summed E-state index contributed by atoms with van der Waals surface area (Å²) in [5.41, 5.74) is 0. The monoisotopic (exact) mass is 169 g/mol. The number of carbonyl (C=O) groups is 2. The summed E-state index contributed by atoms with van der Waals surface area (Å²) in [5.74, 6) is -0.317. The van der Waals surface area contributed by atoms with Crippen molar-refractivity contribution in [2.75, 3.05) is 0 Å². The fourth-order valence-corrected chi connectivity index (χ4v) is 0.210. The van der Waals surface area contributed by atoms with E-state index in [-0.39, 0.29) is 17.3 Å². The average molecular weight is 169 g/mol. The van der Waals surface area contributed by atoms with E-state index in [1.54, 1.807) is 0 Å². The topological polar surface area (TPSA) is 57.2 Å². The quantitative estimate of drug-likeness (QED) is 0.345. The maximum atomic E-state index is 10.1. The standard InChI is InChI=1S/C6H8O2.C3H6O/c1-5(7)3-4-6(2)8;1-3(2)4/h3-4,7H,1H2,2H3;1-2H3/p-1. The van der Waals surface area contributed by atoms with Gasteiger partial charge in [-0.2, -0.15) is 0 Å². The lowest BCUT2D eigenvalue weighted by Gasteiger charge is -1.97. The third kappa shape index (κ3) is 38.2. The predicted octanol–water partition coefficient (Wildman–Crippen LogP) is 0.601. The van der Waals surface area contributed by atoms with Gasteiger partial charge in [-0.05, 0) is 26.8 Å². The third-order valence-electron chi connectivity index (χ3n) is 0.504. The summed E-state index contributed by atoms with van der Waals surface area (Å²) in [7, 11) is 0. The van der Waals surface area contributed by atoms with Crippen LogP contribution in [-0.2, 0) is 9.59 Å². The molecule has 0 aromatic heterocycles. The minimum absolute atomic E-state index is 0.137. The minimum atomic E-state index is -0.347. The van der Waals surface area contributed by atoms with Gasteiger partial charge in [0, 0.05) is 0 Å². The Balaban J connectivity index is 0. The number of carbonyl (C=O) groups excluding carboxylic acids is 2. The molecule has 12 heavy (non-hydrogen) atoms. The van der Waals surface area contributed by atoms with E-state index < -0.39 is 0 Å². The molecule has 0 aromatic carbocycles. The van der Waals surface area contributed by atoms with Gasteiger partial charge < -0.3 is 9.90 Å². The summed E-state index contributed by atoms with van der Waals surface area (Å²) < 4.78 is 0. The zero-order valence-corrected chi connectivity index (χ0v) is 7.59. The lowest BCUT2D eigenvalue weighted by atomic mass is 10.4. The highest BCUT2D eigenvalue weighted by molar-refractivity contribution is 5.87. The summed E-state index contributed by atoms with van der Waals surface area (Å²) in [6, 6.07) is 0. The Morgan fingerprint density at radius 3 is 1.58 bits per heavy atom. The molecule has 0 fully saturated rings. The van der Waals surface area contributed by atoms with E-state index in [2.05, 4.69) is 6.58 Å². The molecule has 0 aliphatic rings. The fourth-order valence-electron chi connectivity index (χ4n) is 0.210. The molecule has 68 valence electrons. The molecule has 0 rings (SSSR count). The first-order valence-corrected chi connectivity index (χ1v) is 3.38. The van der Waals surface area contributed by atoms with Gasteiger partial charge in [-0.15, -0.1) is 12.3 Å². The second-order valence-corrected chi connectivity index (χ2v) is 2.32. The van der Waals surface area contributed by atoms with Crippen molar-refractivity contribution in [1.29, 1.82) is 0 Å². The van der Waals surface area contributed by atoms with Crippen LogP contribution in [0.15, 0.2) is 24.5 Å². The van der Waals surface area contributed by atoms with Crippen LogP contribution in [0.5, 0.6) is 0 Å². The highest BCUT2D eigenvalue weighted by atomic mass is 16.3. The van der Waals surface area contributed by atoms with E-state index in [9.17, 15) is 14.7 Å². The molecule has 0 atom stereocenters. The normalized spacial score (nSPS) is 8.58. The number of Topliss-reactive ketones (excluding diaryl/α,β-unsaturated/α-hetero) is 1. The Morgan fingerprint density at radius 1 is 1.17 bits per heavy atom. The Bertz CT molecular complexity index is 182. The number of rotatable bonds is 2. The van der Waals surface area contributed by atoms with E-state index in [4.69, 9.17) is 0 Å². The van der Waals surface area contributed by atoms with Gasteiger partial charge in [0.05, 0.1) is 0 Å². The molecule has 0 aromatic rings. The zero-order chi connectivity index (χ0) is 10.1. The molecule has 0 aliphatic carbocycles. The molecule has 0 unspecified atom stereocenters. The van der Waals surface area contributed by atoms with Crippen molar-refractivity contribution in [2.24, 2.45) is 0 Å². The van der Waals surface area contributed by atoms with Crippen LogP contribution in [0, 0.1) is 0 Å². The molecular formula is C9H13O3-. The Morgan fingerprint density at radius 2 is 1.50 bits per heavy atom. The minimum Gasteiger partial charge on any atom is -0.873 e. The van der Waals surface area contributed by atoms with E-state index in [1.807, 2.05) is 0 Å². The Kier molecular flexibility index (Phi) is 8.51. The highest BCUT2D eigenvalue weighted by Crippen LogP contribution is 1.79. The molecule has 3 nitrogen and oxygen atoms in total. The second-order valence-electron chi connectivity index (χ2n) is 2.32. The lowest BCUT2D eigenvalue weighted by Crippen LogP contribution is -1.97. The van der Waals surface area contributed by atoms with Gasteiger partial charge in [-0.3, -0.25) is 4.79 Å². The number of allylic oxidation sites excluding steroid dienone is 2. The average Bonchev–Trinajstić information content (AvgIpc) is 1.82. The second kappa shape index (κ2) is 7.72. The van der Waals surface area contributed by atoms with Crippen LogP contribution in [-0.4, -0.2) is 11.6 Å². The van der Waals surface area contributed by atoms with Gasteiger partial charge in [0.1, 0.15) is 5.78 Å².